The Morgan fingerprint density at radius 2 is 1.87 bits per heavy atom. The van der Waals surface area contributed by atoms with Crippen LogP contribution in [0.4, 0.5) is 5.69 Å². The number of nitrogens with one attached hydrogen (secondary N) is 1. The van der Waals surface area contributed by atoms with Crippen molar-refractivity contribution >= 4 is 33.2 Å². The zero-order valence-electron chi connectivity index (χ0n) is 17.6. The summed E-state index contributed by atoms with van der Waals surface area (Å²) in [6.07, 6.45) is 3.50. The second kappa shape index (κ2) is 11.2. The fourth-order valence-electron chi connectivity index (χ4n) is 3.18. The van der Waals surface area contributed by atoms with Crippen LogP contribution in [0.3, 0.4) is 0 Å². The van der Waals surface area contributed by atoms with Gasteiger partial charge >= 0.3 is 0 Å². The zero-order valence-corrected chi connectivity index (χ0v) is 19.2. The van der Waals surface area contributed by atoms with Crippen molar-refractivity contribution in [3.05, 3.63) is 59.1 Å². The Morgan fingerprint density at radius 3 is 2.43 bits per heavy atom. The normalized spacial score (nSPS) is 12.3. The Balaban J connectivity index is 1.98. The van der Waals surface area contributed by atoms with E-state index < -0.39 is 16.1 Å². The summed E-state index contributed by atoms with van der Waals surface area (Å²) in [7, 11) is -3.69. The predicted molar refractivity (Wildman–Crippen MR) is 122 cm³/mol. The summed E-state index contributed by atoms with van der Waals surface area (Å²) in [5.41, 5.74) is 1.61. The standard InChI is InChI=1S/C22H29ClN2O4S/c1-4-7-17-10-12-20(13-11-17)29-15-14-24-22(26)21(5-2)25(30(3,27)28)19-9-6-8-18(23)16-19/h6,8-13,16,21H,4-5,7,14-15H2,1-3H3,(H,24,26). The second-order valence-electron chi connectivity index (χ2n) is 7.00. The lowest BCUT2D eigenvalue weighted by atomic mass is 10.1. The van der Waals surface area contributed by atoms with E-state index in [2.05, 4.69) is 12.2 Å². The van der Waals surface area contributed by atoms with E-state index in [4.69, 9.17) is 16.3 Å². The minimum Gasteiger partial charge on any atom is -0.492 e. The van der Waals surface area contributed by atoms with Crippen molar-refractivity contribution in [2.24, 2.45) is 0 Å². The van der Waals surface area contributed by atoms with Gasteiger partial charge in [0, 0.05) is 5.02 Å². The third kappa shape index (κ3) is 6.92. The highest BCUT2D eigenvalue weighted by atomic mass is 35.5. The molecule has 0 fully saturated rings. The highest BCUT2D eigenvalue weighted by molar-refractivity contribution is 7.92. The number of benzene rings is 2. The molecule has 0 bridgehead atoms. The maximum Gasteiger partial charge on any atom is 0.244 e. The van der Waals surface area contributed by atoms with Gasteiger partial charge in [-0.25, -0.2) is 8.42 Å². The van der Waals surface area contributed by atoms with Gasteiger partial charge in [-0.1, -0.05) is 50.1 Å². The maximum atomic E-state index is 12.7. The average Bonchev–Trinajstić information content (AvgIpc) is 2.69. The van der Waals surface area contributed by atoms with E-state index in [0.717, 1.165) is 29.2 Å². The minimum atomic E-state index is -3.69. The molecule has 8 heteroatoms. The van der Waals surface area contributed by atoms with Crippen LogP contribution in [0.25, 0.3) is 0 Å². The van der Waals surface area contributed by atoms with Crippen molar-refractivity contribution in [3.63, 3.8) is 0 Å². The molecule has 0 heterocycles. The van der Waals surface area contributed by atoms with Gasteiger partial charge in [0.15, 0.2) is 0 Å². The molecule has 1 unspecified atom stereocenters. The van der Waals surface area contributed by atoms with Crippen molar-refractivity contribution in [1.82, 2.24) is 5.32 Å². The molecule has 6 nitrogen and oxygen atoms in total. The number of sulfonamides is 1. The van der Waals surface area contributed by atoms with E-state index in [9.17, 15) is 13.2 Å². The smallest absolute Gasteiger partial charge is 0.244 e. The molecule has 164 valence electrons. The van der Waals surface area contributed by atoms with E-state index >= 15 is 0 Å². The molecule has 0 aliphatic rings. The fourth-order valence-corrected chi connectivity index (χ4v) is 4.56. The molecule has 0 saturated heterocycles. The van der Waals surface area contributed by atoms with Crippen LogP contribution in [0.5, 0.6) is 5.75 Å². The summed E-state index contributed by atoms with van der Waals surface area (Å²) in [5, 5.41) is 3.17. The number of aryl methyl sites for hydroxylation is 1. The molecular weight excluding hydrogens is 424 g/mol. The van der Waals surface area contributed by atoms with Gasteiger partial charge in [-0.15, -0.1) is 0 Å². The predicted octanol–water partition coefficient (Wildman–Crippen LogP) is 4.03. The van der Waals surface area contributed by atoms with Crippen LogP contribution in [-0.4, -0.2) is 39.8 Å². The Labute approximate surface area is 184 Å². The molecule has 0 aliphatic carbocycles. The Hall–Kier alpha value is -2.25. The van der Waals surface area contributed by atoms with Crippen LogP contribution in [0.1, 0.15) is 32.3 Å². The summed E-state index contributed by atoms with van der Waals surface area (Å²) < 4.78 is 31.6. The molecule has 2 aromatic carbocycles. The maximum absolute atomic E-state index is 12.7. The topological polar surface area (TPSA) is 75.7 Å². The first-order valence-electron chi connectivity index (χ1n) is 10.0. The average molecular weight is 453 g/mol. The Bertz CT molecular complexity index is 932. The first-order chi connectivity index (χ1) is 14.3. The first-order valence-corrected chi connectivity index (χ1v) is 12.2. The van der Waals surface area contributed by atoms with Gasteiger partial charge in [0.05, 0.1) is 18.5 Å². The molecule has 0 aliphatic heterocycles. The molecule has 0 radical (unpaired) electrons. The molecule has 0 aromatic heterocycles. The van der Waals surface area contributed by atoms with Gasteiger partial charge in [0.25, 0.3) is 0 Å². The monoisotopic (exact) mass is 452 g/mol. The van der Waals surface area contributed by atoms with Gasteiger partial charge in [-0.2, -0.15) is 0 Å². The second-order valence-corrected chi connectivity index (χ2v) is 9.29. The molecular formula is C22H29ClN2O4S. The number of hydrogen-bond donors (Lipinski definition) is 1. The van der Waals surface area contributed by atoms with E-state index in [1.165, 1.54) is 11.6 Å². The summed E-state index contributed by atoms with van der Waals surface area (Å²) >= 11 is 6.02. The number of rotatable bonds is 11. The van der Waals surface area contributed by atoms with Gasteiger partial charge in [-0.3, -0.25) is 9.10 Å². The summed E-state index contributed by atoms with van der Waals surface area (Å²) in [6.45, 7) is 4.44. The summed E-state index contributed by atoms with van der Waals surface area (Å²) in [5.74, 6) is 0.345. The molecule has 2 aromatic rings. The van der Waals surface area contributed by atoms with Crippen molar-refractivity contribution in [2.75, 3.05) is 23.7 Å². The van der Waals surface area contributed by atoms with Crippen LogP contribution in [0.2, 0.25) is 5.02 Å². The molecule has 0 saturated carbocycles. The highest BCUT2D eigenvalue weighted by Gasteiger charge is 2.31. The Kier molecular flexibility index (Phi) is 8.99. The molecule has 30 heavy (non-hydrogen) atoms. The van der Waals surface area contributed by atoms with Crippen molar-refractivity contribution in [2.45, 2.75) is 39.2 Å². The van der Waals surface area contributed by atoms with Crippen molar-refractivity contribution < 1.29 is 17.9 Å². The minimum absolute atomic E-state index is 0.263. The molecule has 1 atom stereocenters. The number of nitrogens with zero attached hydrogens (tertiary/aromatic N) is 1. The number of carbonyl (C=O) groups excluding carboxylic acids is 1. The quantitative estimate of drug-likeness (QED) is 0.522. The molecule has 0 spiro atoms. The number of halogens is 1. The van der Waals surface area contributed by atoms with E-state index in [0.29, 0.717) is 17.1 Å². The zero-order chi connectivity index (χ0) is 22.1. The van der Waals surface area contributed by atoms with E-state index in [-0.39, 0.29) is 19.1 Å². The number of carbonyl (C=O) groups is 1. The van der Waals surface area contributed by atoms with Crippen LogP contribution < -0.4 is 14.4 Å². The molecule has 2 rings (SSSR count). The number of ether oxygens (including phenoxy) is 1. The summed E-state index contributed by atoms with van der Waals surface area (Å²) in [4.78, 5) is 12.7. The molecule has 1 amide bonds. The molecule has 1 N–H and O–H groups in total. The van der Waals surface area contributed by atoms with E-state index in [1.54, 1.807) is 25.1 Å². The van der Waals surface area contributed by atoms with Crippen LogP contribution in [-0.2, 0) is 21.2 Å². The summed E-state index contributed by atoms with van der Waals surface area (Å²) in [6, 6.07) is 13.4. The van der Waals surface area contributed by atoms with Crippen molar-refractivity contribution in [1.29, 1.82) is 0 Å². The van der Waals surface area contributed by atoms with Crippen LogP contribution in [0.15, 0.2) is 48.5 Å². The van der Waals surface area contributed by atoms with Crippen molar-refractivity contribution in [3.8, 4) is 5.75 Å². The van der Waals surface area contributed by atoms with Gasteiger partial charge in [0.2, 0.25) is 15.9 Å². The van der Waals surface area contributed by atoms with E-state index in [1.807, 2.05) is 24.3 Å². The first kappa shape index (κ1) is 24.0. The number of hydrogen-bond acceptors (Lipinski definition) is 4. The van der Waals surface area contributed by atoms with Gasteiger partial charge in [-0.05, 0) is 48.7 Å². The third-order valence-corrected chi connectivity index (χ3v) is 5.94. The highest BCUT2D eigenvalue weighted by Crippen LogP contribution is 2.25. The van der Waals surface area contributed by atoms with Gasteiger partial charge < -0.3 is 10.1 Å². The Morgan fingerprint density at radius 1 is 1.17 bits per heavy atom. The SMILES string of the molecule is CCCc1ccc(OCCNC(=O)C(CC)N(c2cccc(Cl)c2)S(C)(=O)=O)cc1. The lowest BCUT2D eigenvalue weighted by Gasteiger charge is -2.30. The third-order valence-electron chi connectivity index (χ3n) is 4.52. The lowest BCUT2D eigenvalue weighted by Crippen LogP contribution is -2.50. The number of amides is 1. The largest absolute Gasteiger partial charge is 0.492 e. The number of anilines is 1. The fraction of sp³-hybridized carbons (Fsp3) is 0.409. The van der Waals surface area contributed by atoms with Crippen LogP contribution >= 0.6 is 11.6 Å². The van der Waals surface area contributed by atoms with Gasteiger partial charge in [0.1, 0.15) is 18.4 Å². The van der Waals surface area contributed by atoms with Crippen LogP contribution in [0, 0.1) is 0 Å². The lowest BCUT2D eigenvalue weighted by molar-refractivity contribution is -0.122.